The minimum atomic E-state index is -0.260. The van der Waals surface area contributed by atoms with Crippen molar-refractivity contribution in [3.8, 4) is 5.75 Å². The van der Waals surface area contributed by atoms with E-state index in [1.807, 2.05) is 26.0 Å². The molecule has 2 aromatic rings. The van der Waals surface area contributed by atoms with Crippen LogP contribution < -0.4 is 15.4 Å². The molecule has 6 heteroatoms. The lowest BCUT2D eigenvalue weighted by molar-refractivity contribution is -0.118. The van der Waals surface area contributed by atoms with Crippen molar-refractivity contribution in [1.29, 1.82) is 0 Å². The predicted octanol–water partition coefficient (Wildman–Crippen LogP) is 3.44. The van der Waals surface area contributed by atoms with Crippen molar-refractivity contribution >= 4 is 33.4 Å². The molecule has 2 rings (SSSR count). The number of carbonyl (C=O) groups excluding carboxylic acids is 2. The number of aryl methyl sites for hydroxylation is 2. The van der Waals surface area contributed by atoms with Crippen molar-refractivity contribution < 1.29 is 14.3 Å². The number of rotatable bonds is 5. The van der Waals surface area contributed by atoms with Gasteiger partial charge in [-0.1, -0.05) is 15.9 Å². The van der Waals surface area contributed by atoms with Crippen LogP contribution in [0.5, 0.6) is 5.75 Å². The number of anilines is 1. The topological polar surface area (TPSA) is 67.4 Å². The van der Waals surface area contributed by atoms with E-state index >= 15 is 0 Å². The second kappa shape index (κ2) is 7.97. The number of hydrogen-bond acceptors (Lipinski definition) is 3. The summed E-state index contributed by atoms with van der Waals surface area (Å²) in [5.41, 5.74) is 3.07. The lowest BCUT2D eigenvalue weighted by Crippen LogP contribution is -2.21. The highest BCUT2D eigenvalue weighted by Crippen LogP contribution is 2.27. The van der Waals surface area contributed by atoms with Gasteiger partial charge < -0.3 is 15.4 Å². The molecule has 0 radical (unpaired) electrons. The van der Waals surface area contributed by atoms with Gasteiger partial charge in [-0.25, -0.2) is 0 Å². The van der Waals surface area contributed by atoms with Crippen molar-refractivity contribution in [3.05, 3.63) is 57.6 Å². The summed E-state index contributed by atoms with van der Waals surface area (Å²) in [7, 11) is 1.57. The normalized spacial score (nSPS) is 10.2. The van der Waals surface area contributed by atoms with Gasteiger partial charge in [0.1, 0.15) is 5.75 Å². The van der Waals surface area contributed by atoms with Crippen LogP contribution in [0.4, 0.5) is 5.69 Å². The summed E-state index contributed by atoms with van der Waals surface area (Å²) in [6.07, 6.45) is 0. The molecule has 2 aromatic carbocycles. The number of nitrogens with one attached hydrogen (secondary N) is 2. The Balaban J connectivity index is 1.95. The molecular weight excluding hydrogens is 372 g/mol. The predicted molar refractivity (Wildman–Crippen MR) is 97.6 cm³/mol. The minimum Gasteiger partial charge on any atom is -0.483 e. The Morgan fingerprint density at radius 1 is 1.08 bits per heavy atom. The third-order valence-electron chi connectivity index (χ3n) is 3.43. The summed E-state index contributed by atoms with van der Waals surface area (Å²) in [6, 6.07) is 10.5. The fourth-order valence-electron chi connectivity index (χ4n) is 2.31. The molecule has 0 saturated carbocycles. The Bertz CT molecular complexity index is 734. The van der Waals surface area contributed by atoms with Crippen LogP contribution >= 0.6 is 15.9 Å². The highest BCUT2D eigenvalue weighted by molar-refractivity contribution is 9.10. The Morgan fingerprint density at radius 2 is 1.67 bits per heavy atom. The van der Waals surface area contributed by atoms with Gasteiger partial charge in [0.25, 0.3) is 11.8 Å². The number of halogens is 1. The maximum atomic E-state index is 12.0. The van der Waals surface area contributed by atoms with E-state index in [0.29, 0.717) is 17.0 Å². The molecule has 0 aliphatic carbocycles. The molecule has 24 heavy (non-hydrogen) atoms. The summed E-state index contributed by atoms with van der Waals surface area (Å²) in [5.74, 6) is 0.283. The van der Waals surface area contributed by atoms with Gasteiger partial charge in [-0.3, -0.25) is 9.59 Å². The molecule has 126 valence electrons. The molecule has 0 aliphatic rings. The van der Waals surface area contributed by atoms with Gasteiger partial charge in [-0.2, -0.15) is 0 Å². The molecule has 0 aliphatic heterocycles. The van der Waals surface area contributed by atoms with Crippen LogP contribution in [0.3, 0.4) is 0 Å². The third kappa shape index (κ3) is 4.58. The third-order valence-corrected chi connectivity index (χ3v) is 3.89. The molecule has 0 saturated heterocycles. The molecule has 0 unspecified atom stereocenters. The van der Waals surface area contributed by atoms with E-state index in [0.717, 1.165) is 15.6 Å². The SMILES string of the molecule is CNC(=O)c1ccc(NC(=O)COc2c(C)cc(Br)cc2C)cc1. The Kier molecular flexibility index (Phi) is 5.98. The Morgan fingerprint density at radius 3 is 2.21 bits per heavy atom. The van der Waals surface area contributed by atoms with Crippen LogP contribution in [-0.2, 0) is 4.79 Å². The number of carbonyl (C=O) groups is 2. The van der Waals surface area contributed by atoms with Gasteiger partial charge in [0, 0.05) is 22.8 Å². The van der Waals surface area contributed by atoms with Crippen molar-refractivity contribution in [1.82, 2.24) is 5.32 Å². The van der Waals surface area contributed by atoms with Gasteiger partial charge in [0.2, 0.25) is 0 Å². The molecule has 5 nitrogen and oxygen atoms in total. The molecule has 0 spiro atoms. The fraction of sp³-hybridized carbons (Fsp3) is 0.222. The van der Waals surface area contributed by atoms with Crippen molar-refractivity contribution in [2.45, 2.75) is 13.8 Å². The Labute approximate surface area is 149 Å². The van der Waals surface area contributed by atoms with Crippen LogP contribution in [0, 0.1) is 13.8 Å². The van der Waals surface area contributed by atoms with Gasteiger partial charge in [0.15, 0.2) is 6.61 Å². The van der Waals surface area contributed by atoms with E-state index in [9.17, 15) is 9.59 Å². The van der Waals surface area contributed by atoms with E-state index in [1.165, 1.54) is 0 Å². The summed E-state index contributed by atoms with van der Waals surface area (Å²) < 4.78 is 6.62. The minimum absolute atomic E-state index is 0.0828. The first-order valence-electron chi connectivity index (χ1n) is 7.42. The van der Waals surface area contributed by atoms with Gasteiger partial charge >= 0.3 is 0 Å². The average molecular weight is 391 g/mol. The van der Waals surface area contributed by atoms with Crippen molar-refractivity contribution in [2.75, 3.05) is 19.0 Å². The van der Waals surface area contributed by atoms with E-state index < -0.39 is 0 Å². The van der Waals surface area contributed by atoms with Crippen LogP contribution in [0.1, 0.15) is 21.5 Å². The van der Waals surface area contributed by atoms with Crippen LogP contribution in [-0.4, -0.2) is 25.5 Å². The molecule has 0 fully saturated rings. The van der Waals surface area contributed by atoms with E-state index in [4.69, 9.17) is 4.74 Å². The molecule has 0 bridgehead atoms. The monoisotopic (exact) mass is 390 g/mol. The number of benzene rings is 2. The zero-order valence-electron chi connectivity index (χ0n) is 13.8. The summed E-state index contributed by atoms with van der Waals surface area (Å²) >= 11 is 3.43. The lowest BCUT2D eigenvalue weighted by atomic mass is 10.1. The first-order valence-corrected chi connectivity index (χ1v) is 8.21. The molecule has 0 atom stereocenters. The first-order chi connectivity index (χ1) is 11.4. The first kappa shape index (κ1) is 18.0. The molecule has 2 amide bonds. The van der Waals surface area contributed by atoms with Gasteiger partial charge in [-0.15, -0.1) is 0 Å². The van der Waals surface area contributed by atoms with E-state index in [1.54, 1.807) is 31.3 Å². The fourth-order valence-corrected chi connectivity index (χ4v) is 3.00. The second-order valence-corrected chi connectivity index (χ2v) is 6.28. The number of hydrogen-bond donors (Lipinski definition) is 2. The largest absolute Gasteiger partial charge is 0.483 e. The van der Waals surface area contributed by atoms with Crippen molar-refractivity contribution in [2.24, 2.45) is 0 Å². The summed E-state index contributed by atoms with van der Waals surface area (Å²) in [6.45, 7) is 3.78. The summed E-state index contributed by atoms with van der Waals surface area (Å²) in [4.78, 5) is 23.5. The number of ether oxygens (including phenoxy) is 1. The van der Waals surface area contributed by atoms with Crippen LogP contribution in [0.2, 0.25) is 0 Å². The zero-order chi connectivity index (χ0) is 17.7. The highest BCUT2D eigenvalue weighted by atomic mass is 79.9. The number of amides is 2. The van der Waals surface area contributed by atoms with E-state index in [2.05, 4.69) is 26.6 Å². The Hall–Kier alpha value is -2.34. The standard InChI is InChI=1S/C18H19BrN2O3/c1-11-8-14(19)9-12(2)17(11)24-10-16(22)21-15-6-4-13(5-7-15)18(23)20-3/h4-9H,10H2,1-3H3,(H,20,23)(H,21,22). The van der Waals surface area contributed by atoms with Gasteiger partial charge in [0.05, 0.1) is 0 Å². The smallest absolute Gasteiger partial charge is 0.262 e. The molecule has 0 aromatic heterocycles. The second-order valence-electron chi connectivity index (χ2n) is 5.36. The molecule has 2 N–H and O–H groups in total. The van der Waals surface area contributed by atoms with Crippen LogP contribution in [0.15, 0.2) is 40.9 Å². The van der Waals surface area contributed by atoms with E-state index in [-0.39, 0.29) is 18.4 Å². The highest BCUT2D eigenvalue weighted by Gasteiger charge is 2.09. The van der Waals surface area contributed by atoms with Crippen LogP contribution in [0.25, 0.3) is 0 Å². The summed E-state index contributed by atoms with van der Waals surface area (Å²) in [5, 5.41) is 5.29. The van der Waals surface area contributed by atoms with Crippen molar-refractivity contribution in [3.63, 3.8) is 0 Å². The average Bonchev–Trinajstić information content (AvgIpc) is 2.53. The van der Waals surface area contributed by atoms with Gasteiger partial charge in [-0.05, 0) is 61.4 Å². The zero-order valence-corrected chi connectivity index (χ0v) is 15.4. The molecular formula is C18H19BrN2O3. The maximum absolute atomic E-state index is 12.0. The lowest BCUT2D eigenvalue weighted by Gasteiger charge is -2.13. The quantitative estimate of drug-likeness (QED) is 0.821. The molecule has 0 heterocycles. The maximum Gasteiger partial charge on any atom is 0.262 e.